The summed E-state index contributed by atoms with van der Waals surface area (Å²) in [5.74, 6) is 1.55. The fraction of sp³-hybridized carbons (Fsp3) is 0.435. The van der Waals surface area contributed by atoms with Crippen LogP contribution < -0.4 is 19.5 Å². The maximum Gasteiger partial charge on any atom is 0.243 e. The van der Waals surface area contributed by atoms with Crippen molar-refractivity contribution in [2.75, 3.05) is 25.2 Å². The smallest absolute Gasteiger partial charge is 0.243 e. The molecule has 8 nitrogen and oxygen atoms in total. The van der Waals surface area contributed by atoms with Gasteiger partial charge in [-0.05, 0) is 56.2 Å². The zero-order valence-corrected chi connectivity index (χ0v) is 19.7. The van der Waals surface area contributed by atoms with Crippen LogP contribution in [0.25, 0.3) is 0 Å². The fourth-order valence-electron chi connectivity index (χ4n) is 3.40. The number of nitrogens with zero attached hydrogens (tertiary/aromatic N) is 1. The molecule has 0 saturated carbocycles. The van der Waals surface area contributed by atoms with E-state index in [1.807, 2.05) is 32.0 Å². The Morgan fingerprint density at radius 3 is 2.50 bits per heavy atom. The minimum absolute atomic E-state index is 0.114. The molecule has 174 valence electrons. The summed E-state index contributed by atoms with van der Waals surface area (Å²) in [5, 5.41) is 2.82. The van der Waals surface area contributed by atoms with E-state index in [1.54, 1.807) is 19.9 Å². The Kier molecular flexibility index (Phi) is 7.63. The molecular formula is C23H30N2O6S. The molecule has 0 spiro atoms. The van der Waals surface area contributed by atoms with E-state index >= 15 is 0 Å². The first kappa shape index (κ1) is 23.9. The van der Waals surface area contributed by atoms with Crippen molar-refractivity contribution in [2.24, 2.45) is 0 Å². The van der Waals surface area contributed by atoms with Gasteiger partial charge in [-0.3, -0.25) is 4.79 Å². The number of sulfonamides is 1. The number of hydrogen-bond donors (Lipinski definition) is 1. The van der Waals surface area contributed by atoms with Gasteiger partial charge >= 0.3 is 0 Å². The van der Waals surface area contributed by atoms with Gasteiger partial charge < -0.3 is 19.5 Å². The average Bonchev–Trinajstić information content (AvgIpc) is 3.21. The molecule has 0 aromatic heterocycles. The number of amides is 1. The van der Waals surface area contributed by atoms with E-state index in [-0.39, 0.29) is 30.1 Å². The summed E-state index contributed by atoms with van der Waals surface area (Å²) in [6.45, 7) is 8.23. The molecule has 0 saturated heterocycles. The molecule has 1 N–H and O–H groups in total. The molecule has 2 aromatic rings. The summed E-state index contributed by atoms with van der Waals surface area (Å²) in [5.41, 5.74) is 1.28. The molecular weight excluding hydrogens is 432 g/mol. The molecule has 1 aliphatic heterocycles. The topological polar surface area (TPSA) is 94.2 Å². The van der Waals surface area contributed by atoms with Crippen molar-refractivity contribution in [1.82, 2.24) is 4.31 Å². The van der Waals surface area contributed by atoms with Gasteiger partial charge in [0.2, 0.25) is 22.7 Å². The van der Waals surface area contributed by atoms with Gasteiger partial charge in [-0.1, -0.05) is 19.9 Å². The zero-order chi connectivity index (χ0) is 23.3. The molecule has 1 heterocycles. The normalized spacial score (nSPS) is 12.9. The first-order valence-electron chi connectivity index (χ1n) is 10.7. The maximum atomic E-state index is 12.9. The van der Waals surface area contributed by atoms with Gasteiger partial charge in [-0.2, -0.15) is 4.31 Å². The van der Waals surface area contributed by atoms with Gasteiger partial charge in [0, 0.05) is 19.5 Å². The summed E-state index contributed by atoms with van der Waals surface area (Å²) in [6.07, 6.45) is 0.582. The lowest BCUT2D eigenvalue weighted by Crippen LogP contribution is -2.30. The van der Waals surface area contributed by atoms with Crippen molar-refractivity contribution in [3.8, 4) is 17.2 Å². The van der Waals surface area contributed by atoms with E-state index in [4.69, 9.17) is 14.2 Å². The second-order valence-corrected chi connectivity index (χ2v) is 9.59. The number of aryl methyl sites for hydroxylation is 1. The average molecular weight is 463 g/mol. The highest BCUT2D eigenvalue weighted by atomic mass is 32.2. The van der Waals surface area contributed by atoms with Crippen molar-refractivity contribution in [3.05, 3.63) is 42.0 Å². The van der Waals surface area contributed by atoms with Gasteiger partial charge in [0.15, 0.2) is 11.5 Å². The summed E-state index contributed by atoms with van der Waals surface area (Å²) in [6, 6.07) is 10.1. The van der Waals surface area contributed by atoms with E-state index in [1.165, 1.54) is 16.4 Å². The molecule has 0 bridgehead atoms. The molecule has 0 aliphatic carbocycles. The van der Waals surface area contributed by atoms with E-state index in [2.05, 4.69) is 5.32 Å². The number of carbonyl (C=O) groups excluding carboxylic acids is 1. The van der Waals surface area contributed by atoms with Crippen molar-refractivity contribution in [3.63, 3.8) is 0 Å². The number of hydrogen-bond acceptors (Lipinski definition) is 6. The Balaban J connectivity index is 1.77. The summed E-state index contributed by atoms with van der Waals surface area (Å²) in [7, 11) is -3.67. The number of ether oxygens (including phenoxy) is 3. The largest absolute Gasteiger partial charge is 0.489 e. The van der Waals surface area contributed by atoms with Crippen LogP contribution in [0.1, 0.15) is 39.7 Å². The molecule has 1 amide bonds. The Morgan fingerprint density at radius 2 is 1.81 bits per heavy atom. The number of nitrogens with one attached hydrogen (secondary N) is 1. The van der Waals surface area contributed by atoms with Gasteiger partial charge in [0.25, 0.3) is 0 Å². The van der Waals surface area contributed by atoms with Crippen LogP contribution in [0, 0.1) is 0 Å². The predicted molar refractivity (Wildman–Crippen MR) is 122 cm³/mol. The highest BCUT2D eigenvalue weighted by molar-refractivity contribution is 7.89. The third kappa shape index (κ3) is 5.52. The summed E-state index contributed by atoms with van der Waals surface area (Å²) >= 11 is 0. The second-order valence-electron chi connectivity index (χ2n) is 7.65. The van der Waals surface area contributed by atoms with E-state index in [0.717, 1.165) is 5.56 Å². The highest BCUT2D eigenvalue weighted by Gasteiger charge is 2.23. The first-order valence-corrected chi connectivity index (χ1v) is 12.2. The van der Waals surface area contributed by atoms with E-state index in [9.17, 15) is 13.2 Å². The Morgan fingerprint density at radius 1 is 1.09 bits per heavy atom. The standard InChI is InChI=1S/C23H30N2O6S/c1-5-25(6-2)32(27,28)18-9-11-20(31-16(3)4)19(14-18)24-23(26)12-8-17-7-10-21-22(13-17)30-15-29-21/h7,9-11,13-14,16H,5-6,8,12,15H2,1-4H3,(H,24,26). The van der Waals surface area contributed by atoms with Crippen molar-refractivity contribution < 1.29 is 27.4 Å². The Bertz CT molecular complexity index is 1060. The second kappa shape index (κ2) is 10.2. The Hall–Kier alpha value is -2.78. The predicted octanol–water partition coefficient (Wildman–Crippen LogP) is 3.80. The van der Waals surface area contributed by atoms with Gasteiger partial charge in [-0.15, -0.1) is 0 Å². The summed E-state index contributed by atoms with van der Waals surface area (Å²) < 4.78 is 43.7. The Labute approximate surface area is 189 Å². The van der Waals surface area contributed by atoms with Crippen molar-refractivity contribution in [2.45, 2.75) is 51.5 Å². The molecule has 2 aromatic carbocycles. The van der Waals surface area contributed by atoms with E-state index < -0.39 is 10.0 Å². The molecule has 3 rings (SSSR count). The molecule has 0 unspecified atom stereocenters. The van der Waals surface area contributed by atoms with Crippen LogP contribution in [0.5, 0.6) is 17.2 Å². The van der Waals surface area contributed by atoms with Crippen LogP contribution >= 0.6 is 0 Å². The van der Waals surface area contributed by atoms with Crippen LogP contribution in [-0.2, 0) is 21.2 Å². The minimum Gasteiger partial charge on any atom is -0.489 e. The van der Waals surface area contributed by atoms with Gasteiger partial charge in [0.05, 0.1) is 16.7 Å². The highest BCUT2D eigenvalue weighted by Crippen LogP contribution is 2.33. The first-order chi connectivity index (χ1) is 15.2. The van der Waals surface area contributed by atoms with Crippen LogP contribution in [-0.4, -0.2) is 44.6 Å². The summed E-state index contributed by atoms with van der Waals surface area (Å²) in [4.78, 5) is 12.8. The number of fused-ring (bicyclic) bond motifs is 1. The minimum atomic E-state index is -3.67. The molecule has 0 radical (unpaired) electrons. The monoisotopic (exact) mass is 462 g/mol. The van der Waals surface area contributed by atoms with Crippen LogP contribution in [0.3, 0.4) is 0 Å². The van der Waals surface area contributed by atoms with Crippen LogP contribution in [0.4, 0.5) is 5.69 Å². The SMILES string of the molecule is CCN(CC)S(=O)(=O)c1ccc(OC(C)C)c(NC(=O)CCc2ccc3c(c2)OCO3)c1. The number of carbonyl (C=O) groups is 1. The number of rotatable bonds is 10. The quantitative estimate of drug-likeness (QED) is 0.577. The molecule has 0 fully saturated rings. The van der Waals surface area contributed by atoms with Gasteiger partial charge in [-0.25, -0.2) is 8.42 Å². The van der Waals surface area contributed by atoms with E-state index in [0.29, 0.717) is 42.4 Å². The lowest BCUT2D eigenvalue weighted by atomic mass is 10.1. The van der Waals surface area contributed by atoms with Crippen LogP contribution in [0.2, 0.25) is 0 Å². The third-order valence-corrected chi connectivity index (χ3v) is 7.05. The third-order valence-electron chi connectivity index (χ3n) is 5.01. The lowest BCUT2D eigenvalue weighted by Gasteiger charge is -2.20. The van der Waals surface area contributed by atoms with Gasteiger partial charge in [0.1, 0.15) is 5.75 Å². The lowest BCUT2D eigenvalue weighted by molar-refractivity contribution is -0.116. The zero-order valence-electron chi connectivity index (χ0n) is 18.9. The molecule has 0 atom stereocenters. The van der Waals surface area contributed by atoms with Crippen molar-refractivity contribution in [1.29, 1.82) is 0 Å². The molecule has 32 heavy (non-hydrogen) atoms. The fourth-order valence-corrected chi connectivity index (χ4v) is 4.89. The van der Waals surface area contributed by atoms with Crippen LogP contribution in [0.15, 0.2) is 41.3 Å². The maximum absolute atomic E-state index is 12.9. The molecule has 9 heteroatoms. The molecule has 1 aliphatic rings. The van der Waals surface area contributed by atoms with Crippen molar-refractivity contribution >= 4 is 21.6 Å². The number of benzene rings is 2. The number of anilines is 1.